The van der Waals surface area contributed by atoms with Crippen LogP contribution >= 0.6 is 0 Å². The van der Waals surface area contributed by atoms with Crippen molar-refractivity contribution in [2.24, 2.45) is 0 Å². The first-order chi connectivity index (χ1) is 7.72. The molecule has 1 unspecified atom stereocenters. The Bertz CT molecular complexity index is 500. The molecule has 0 fully saturated rings. The molecule has 16 heavy (non-hydrogen) atoms. The van der Waals surface area contributed by atoms with E-state index in [0.29, 0.717) is 5.58 Å². The van der Waals surface area contributed by atoms with Gasteiger partial charge in [0.25, 0.3) is 0 Å². The molecule has 0 saturated carbocycles. The van der Waals surface area contributed by atoms with Gasteiger partial charge in [-0.3, -0.25) is 4.79 Å². The van der Waals surface area contributed by atoms with E-state index >= 15 is 0 Å². The molecule has 0 aliphatic carbocycles. The number of hydrogen-bond donors (Lipinski definition) is 2. The average molecular weight is 220 g/mol. The van der Waals surface area contributed by atoms with Crippen LogP contribution in [-0.2, 0) is 4.79 Å². The standard InChI is InChI=1S/C12H12O4/c13-6-8(5-12(14)15)10-7-16-11-4-2-1-3-9(10)11/h1-4,7-8,13H,5-6H2,(H,14,15). The van der Waals surface area contributed by atoms with Crippen molar-refractivity contribution in [3.63, 3.8) is 0 Å². The Kier molecular flexibility index (Phi) is 2.92. The van der Waals surface area contributed by atoms with Crippen molar-refractivity contribution in [2.45, 2.75) is 12.3 Å². The van der Waals surface area contributed by atoms with E-state index in [2.05, 4.69) is 0 Å². The molecule has 0 aliphatic heterocycles. The zero-order chi connectivity index (χ0) is 11.5. The van der Waals surface area contributed by atoms with E-state index in [4.69, 9.17) is 9.52 Å². The fraction of sp³-hybridized carbons (Fsp3) is 0.250. The summed E-state index contributed by atoms with van der Waals surface area (Å²) in [5.41, 5.74) is 1.46. The third-order valence-electron chi connectivity index (χ3n) is 2.59. The molecule has 1 aromatic heterocycles. The Morgan fingerprint density at radius 1 is 1.38 bits per heavy atom. The zero-order valence-corrected chi connectivity index (χ0v) is 8.59. The number of carbonyl (C=O) groups is 1. The van der Waals surface area contributed by atoms with Gasteiger partial charge in [-0.05, 0) is 6.07 Å². The molecule has 0 radical (unpaired) electrons. The van der Waals surface area contributed by atoms with Crippen LogP contribution in [0.5, 0.6) is 0 Å². The summed E-state index contributed by atoms with van der Waals surface area (Å²) in [6.45, 7) is -0.199. The summed E-state index contributed by atoms with van der Waals surface area (Å²) in [6, 6.07) is 7.38. The van der Waals surface area contributed by atoms with Crippen molar-refractivity contribution in [3.05, 3.63) is 36.1 Å². The molecule has 1 atom stereocenters. The highest BCUT2D eigenvalue weighted by Crippen LogP contribution is 2.29. The minimum absolute atomic E-state index is 0.0972. The number of carboxylic acid groups (broad SMARTS) is 1. The van der Waals surface area contributed by atoms with Crippen LogP contribution in [-0.4, -0.2) is 22.8 Å². The van der Waals surface area contributed by atoms with Crippen molar-refractivity contribution < 1.29 is 19.4 Å². The monoisotopic (exact) mass is 220 g/mol. The van der Waals surface area contributed by atoms with Crippen molar-refractivity contribution >= 4 is 16.9 Å². The van der Waals surface area contributed by atoms with Crippen LogP contribution in [0.1, 0.15) is 17.9 Å². The largest absolute Gasteiger partial charge is 0.481 e. The van der Waals surface area contributed by atoms with Gasteiger partial charge in [0.1, 0.15) is 5.58 Å². The number of fused-ring (bicyclic) bond motifs is 1. The summed E-state index contributed by atoms with van der Waals surface area (Å²) in [6.07, 6.45) is 1.43. The Labute approximate surface area is 92.1 Å². The molecule has 4 heteroatoms. The van der Waals surface area contributed by atoms with Gasteiger partial charge in [-0.25, -0.2) is 0 Å². The predicted octanol–water partition coefficient (Wildman–Crippen LogP) is 1.98. The van der Waals surface area contributed by atoms with Crippen molar-refractivity contribution in [1.29, 1.82) is 0 Å². The van der Waals surface area contributed by atoms with Gasteiger partial charge in [0.2, 0.25) is 0 Å². The first-order valence-corrected chi connectivity index (χ1v) is 5.01. The second-order valence-electron chi connectivity index (χ2n) is 3.66. The van der Waals surface area contributed by atoms with Crippen LogP contribution in [0.4, 0.5) is 0 Å². The summed E-state index contributed by atoms with van der Waals surface area (Å²) in [7, 11) is 0. The van der Waals surface area contributed by atoms with E-state index in [0.717, 1.165) is 10.9 Å². The second kappa shape index (κ2) is 4.37. The molecule has 2 N–H and O–H groups in total. The van der Waals surface area contributed by atoms with E-state index < -0.39 is 11.9 Å². The molecule has 2 rings (SSSR count). The van der Waals surface area contributed by atoms with E-state index in [-0.39, 0.29) is 13.0 Å². The summed E-state index contributed by atoms with van der Waals surface area (Å²) in [4.78, 5) is 10.7. The Morgan fingerprint density at radius 2 is 2.12 bits per heavy atom. The third kappa shape index (κ3) is 1.92. The van der Waals surface area contributed by atoms with Crippen molar-refractivity contribution in [1.82, 2.24) is 0 Å². The van der Waals surface area contributed by atoms with Crippen LogP contribution in [0.3, 0.4) is 0 Å². The lowest BCUT2D eigenvalue weighted by molar-refractivity contribution is -0.137. The third-order valence-corrected chi connectivity index (χ3v) is 2.59. The smallest absolute Gasteiger partial charge is 0.304 e. The lowest BCUT2D eigenvalue weighted by Gasteiger charge is -2.09. The second-order valence-corrected chi connectivity index (χ2v) is 3.66. The van der Waals surface area contributed by atoms with Gasteiger partial charge in [-0.1, -0.05) is 18.2 Å². The number of para-hydroxylation sites is 1. The lowest BCUT2D eigenvalue weighted by Crippen LogP contribution is -2.09. The molecule has 1 heterocycles. The van der Waals surface area contributed by atoms with Crippen LogP contribution < -0.4 is 0 Å². The number of furan rings is 1. The normalized spacial score (nSPS) is 12.8. The van der Waals surface area contributed by atoms with Gasteiger partial charge in [-0.15, -0.1) is 0 Å². The molecule has 0 bridgehead atoms. The van der Waals surface area contributed by atoms with Gasteiger partial charge in [0, 0.05) is 16.9 Å². The summed E-state index contributed by atoms with van der Waals surface area (Å²) in [5.74, 6) is -1.34. The number of carboxylic acids is 1. The summed E-state index contributed by atoms with van der Waals surface area (Å²) in [5, 5.41) is 18.8. The lowest BCUT2D eigenvalue weighted by atomic mass is 9.96. The van der Waals surface area contributed by atoms with Crippen molar-refractivity contribution in [2.75, 3.05) is 6.61 Å². The molecule has 1 aromatic carbocycles. The minimum Gasteiger partial charge on any atom is -0.481 e. The molecule has 84 valence electrons. The SMILES string of the molecule is O=C(O)CC(CO)c1coc2ccccc12. The van der Waals surface area contributed by atoms with Gasteiger partial charge < -0.3 is 14.6 Å². The Hall–Kier alpha value is -1.81. The van der Waals surface area contributed by atoms with E-state index in [9.17, 15) is 9.90 Å². The number of benzene rings is 1. The first kappa shape index (κ1) is 10.7. The van der Waals surface area contributed by atoms with E-state index in [1.54, 1.807) is 0 Å². The molecule has 2 aromatic rings. The van der Waals surface area contributed by atoms with Gasteiger partial charge in [-0.2, -0.15) is 0 Å². The van der Waals surface area contributed by atoms with Crippen LogP contribution in [0, 0.1) is 0 Å². The van der Waals surface area contributed by atoms with Crippen LogP contribution in [0.15, 0.2) is 34.9 Å². The topological polar surface area (TPSA) is 70.7 Å². The van der Waals surface area contributed by atoms with Gasteiger partial charge in [0.15, 0.2) is 0 Å². The maximum Gasteiger partial charge on any atom is 0.304 e. The molecular weight excluding hydrogens is 208 g/mol. The molecule has 0 spiro atoms. The van der Waals surface area contributed by atoms with Gasteiger partial charge >= 0.3 is 5.97 Å². The molecular formula is C12H12O4. The minimum atomic E-state index is -0.927. The van der Waals surface area contributed by atoms with Crippen LogP contribution in [0.2, 0.25) is 0 Å². The average Bonchev–Trinajstić information content (AvgIpc) is 2.69. The number of rotatable bonds is 4. The quantitative estimate of drug-likeness (QED) is 0.826. The van der Waals surface area contributed by atoms with Crippen molar-refractivity contribution in [3.8, 4) is 0 Å². The fourth-order valence-corrected chi connectivity index (χ4v) is 1.80. The maximum absolute atomic E-state index is 10.7. The molecule has 0 amide bonds. The Balaban J connectivity index is 2.41. The maximum atomic E-state index is 10.7. The number of hydrogen-bond acceptors (Lipinski definition) is 3. The highest BCUT2D eigenvalue weighted by molar-refractivity contribution is 5.82. The molecule has 4 nitrogen and oxygen atoms in total. The zero-order valence-electron chi connectivity index (χ0n) is 8.59. The fourth-order valence-electron chi connectivity index (χ4n) is 1.80. The molecule has 0 saturated heterocycles. The summed E-state index contributed by atoms with van der Waals surface area (Å²) < 4.78 is 5.31. The molecule has 0 aliphatic rings. The first-order valence-electron chi connectivity index (χ1n) is 5.01. The van der Waals surface area contributed by atoms with Gasteiger partial charge in [0.05, 0.1) is 19.3 Å². The number of aliphatic hydroxyl groups is 1. The predicted molar refractivity (Wildman–Crippen MR) is 58.3 cm³/mol. The highest BCUT2D eigenvalue weighted by atomic mass is 16.4. The Morgan fingerprint density at radius 3 is 2.81 bits per heavy atom. The van der Waals surface area contributed by atoms with E-state index in [1.165, 1.54) is 6.26 Å². The number of aliphatic hydroxyl groups excluding tert-OH is 1. The van der Waals surface area contributed by atoms with Crippen LogP contribution in [0.25, 0.3) is 11.0 Å². The number of aliphatic carboxylic acids is 1. The summed E-state index contributed by atoms with van der Waals surface area (Å²) >= 11 is 0. The van der Waals surface area contributed by atoms with E-state index in [1.807, 2.05) is 24.3 Å². The highest BCUT2D eigenvalue weighted by Gasteiger charge is 2.19.